The highest BCUT2D eigenvalue weighted by molar-refractivity contribution is 5.94. The van der Waals surface area contributed by atoms with Crippen molar-refractivity contribution in [2.45, 2.75) is 52.5 Å². The summed E-state index contributed by atoms with van der Waals surface area (Å²) in [6, 6.07) is 6.38. The lowest BCUT2D eigenvalue weighted by molar-refractivity contribution is -0.132. The number of piperidine rings is 1. The molecule has 2 saturated heterocycles. The van der Waals surface area contributed by atoms with Gasteiger partial charge >= 0.3 is 0 Å². The highest BCUT2D eigenvalue weighted by atomic mass is 16.2. The molecule has 5 rings (SSSR count). The zero-order valence-corrected chi connectivity index (χ0v) is 22.3. The second-order valence-electron chi connectivity index (χ2n) is 10.6. The minimum atomic E-state index is -0.0677. The van der Waals surface area contributed by atoms with E-state index in [-0.39, 0.29) is 30.2 Å². The third kappa shape index (κ3) is 4.95. The number of aromatic nitrogens is 2. The minimum Gasteiger partial charge on any atom is -0.368 e. The Morgan fingerprint density at radius 2 is 1.70 bits per heavy atom. The fourth-order valence-corrected chi connectivity index (χ4v) is 6.01. The predicted molar refractivity (Wildman–Crippen MR) is 142 cm³/mol. The van der Waals surface area contributed by atoms with E-state index < -0.39 is 0 Å². The fraction of sp³-hybridized carbons (Fsp3) is 0.571. The van der Waals surface area contributed by atoms with E-state index >= 15 is 0 Å². The Kier molecular flexibility index (Phi) is 7.22. The predicted octanol–water partition coefficient (Wildman–Crippen LogP) is 1.94. The van der Waals surface area contributed by atoms with E-state index in [1.165, 1.54) is 16.8 Å². The summed E-state index contributed by atoms with van der Waals surface area (Å²) < 4.78 is 1.78. The topological polar surface area (TPSA) is 90.8 Å². The van der Waals surface area contributed by atoms with Crippen molar-refractivity contribution in [3.05, 3.63) is 46.3 Å². The molecule has 2 aromatic rings. The molecular weight excluding hydrogens is 468 g/mol. The Balaban J connectivity index is 1.22. The van der Waals surface area contributed by atoms with Crippen molar-refractivity contribution in [2.75, 3.05) is 51.2 Å². The van der Waals surface area contributed by atoms with Crippen LogP contribution in [-0.4, -0.2) is 83.6 Å². The molecular formula is C28H38N6O3. The molecule has 1 aliphatic carbocycles. The van der Waals surface area contributed by atoms with Gasteiger partial charge in [-0.15, -0.1) is 0 Å². The molecule has 0 bridgehead atoms. The van der Waals surface area contributed by atoms with Crippen molar-refractivity contribution in [3.8, 4) is 0 Å². The molecule has 1 N–H and O–H groups in total. The summed E-state index contributed by atoms with van der Waals surface area (Å²) in [7, 11) is 1.65. The van der Waals surface area contributed by atoms with Gasteiger partial charge in [0.05, 0.1) is 0 Å². The van der Waals surface area contributed by atoms with Gasteiger partial charge in [0.15, 0.2) is 5.69 Å². The highest BCUT2D eigenvalue weighted by Crippen LogP contribution is 2.28. The van der Waals surface area contributed by atoms with Crippen LogP contribution in [0.25, 0.3) is 0 Å². The monoisotopic (exact) mass is 506 g/mol. The number of nitrogens with zero attached hydrogens (tertiary/aromatic N) is 5. The highest BCUT2D eigenvalue weighted by Gasteiger charge is 2.33. The van der Waals surface area contributed by atoms with Crippen LogP contribution in [0.5, 0.6) is 0 Å². The SMILES string of the molecule is CNC(=O)C1CCN(C(=O)c2nn(CC(=O)N3CCN(c4cccc(C)c4C)CC3)c3c2CCC3)CC1. The quantitative estimate of drug-likeness (QED) is 0.669. The van der Waals surface area contributed by atoms with Crippen LogP contribution in [0.3, 0.4) is 0 Å². The van der Waals surface area contributed by atoms with Crippen LogP contribution < -0.4 is 10.2 Å². The zero-order valence-electron chi connectivity index (χ0n) is 22.3. The zero-order chi connectivity index (χ0) is 26.1. The summed E-state index contributed by atoms with van der Waals surface area (Å²) in [6.07, 6.45) is 3.99. The third-order valence-electron chi connectivity index (χ3n) is 8.44. The molecule has 2 aliphatic heterocycles. The van der Waals surface area contributed by atoms with Crippen LogP contribution in [0.15, 0.2) is 18.2 Å². The number of benzene rings is 1. The lowest BCUT2D eigenvalue weighted by Crippen LogP contribution is -2.50. The summed E-state index contributed by atoms with van der Waals surface area (Å²) in [4.78, 5) is 44.7. The van der Waals surface area contributed by atoms with Crippen LogP contribution in [0.1, 0.15) is 52.1 Å². The first-order chi connectivity index (χ1) is 17.9. The van der Waals surface area contributed by atoms with Crippen LogP contribution in [-0.2, 0) is 29.0 Å². The Hall–Kier alpha value is -3.36. The van der Waals surface area contributed by atoms with E-state index in [0.717, 1.165) is 43.6 Å². The second kappa shape index (κ2) is 10.6. The maximum atomic E-state index is 13.4. The smallest absolute Gasteiger partial charge is 0.274 e. The summed E-state index contributed by atoms with van der Waals surface area (Å²) >= 11 is 0. The van der Waals surface area contributed by atoms with Gasteiger partial charge in [-0.3, -0.25) is 19.1 Å². The van der Waals surface area contributed by atoms with Crippen LogP contribution in [0.4, 0.5) is 5.69 Å². The maximum absolute atomic E-state index is 13.4. The average molecular weight is 507 g/mol. The van der Waals surface area contributed by atoms with Gasteiger partial charge in [0.25, 0.3) is 5.91 Å². The van der Waals surface area contributed by atoms with Gasteiger partial charge in [0.2, 0.25) is 11.8 Å². The molecule has 9 heteroatoms. The summed E-state index contributed by atoms with van der Waals surface area (Å²) in [6.45, 7) is 8.56. The van der Waals surface area contributed by atoms with E-state index in [1.54, 1.807) is 11.7 Å². The molecule has 0 saturated carbocycles. The number of aryl methyl sites for hydroxylation is 1. The molecule has 9 nitrogen and oxygen atoms in total. The molecule has 2 fully saturated rings. The van der Waals surface area contributed by atoms with Crippen molar-refractivity contribution in [3.63, 3.8) is 0 Å². The van der Waals surface area contributed by atoms with Gasteiger partial charge in [-0.25, -0.2) is 0 Å². The number of fused-ring (bicyclic) bond motifs is 1. The van der Waals surface area contributed by atoms with Crippen molar-refractivity contribution in [1.82, 2.24) is 24.9 Å². The number of hydrogen-bond donors (Lipinski definition) is 1. The minimum absolute atomic E-state index is 0.0368. The standard InChI is InChI=1S/C28H38N6O3/c1-19-6-4-8-23(20(19)2)31-14-16-32(17-15-31)25(35)18-34-24-9-5-7-22(24)26(30-34)28(37)33-12-10-21(11-13-33)27(36)29-3/h4,6,8,21H,5,7,9-18H2,1-3H3,(H,29,36). The molecule has 0 spiro atoms. The summed E-state index contributed by atoms with van der Waals surface area (Å²) in [5.41, 5.74) is 6.36. The average Bonchev–Trinajstić information content (AvgIpc) is 3.53. The molecule has 0 radical (unpaired) electrons. The first kappa shape index (κ1) is 25.3. The van der Waals surface area contributed by atoms with Crippen molar-refractivity contribution in [1.29, 1.82) is 0 Å². The number of hydrogen-bond acceptors (Lipinski definition) is 5. The van der Waals surface area contributed by atoms with Crippen molar-refractivity contribution >= 4 is 23.4 Å². The molecule has 37 heavy (non-hydrogen) atoms. The van der Waals surface area contributed by atoms with E-state index in [1.807, 2.05) is 9.80 Å². The van der Waals surface area contributed by atoms with Gasteiger partial charge in [-0.2, -0.15) is 5.10 Å². The van der Waals surface area contributed by atoms with Crippen molar-refractivity contribution < 1.29 is 14.4 Å². The molecule has 1 aromatic heterocycles. The molecule has 3 amide bonds. The van der Waals surface area contributed by atoms with E-state index in [9.17, 15) is 14.4 Å². The third-order valence-corrected chi connectivity index (χ3v) is 8.44. The van der Waals surface area contributed by atoms with Gasteiger partial charge < -0.3 is 20.0 Å². The Labute approximate surface area is 218 Å². The number of carbonyl (C=O) groups excluding carboxylic acids is 3. The fourth-order valence-electron chi connectivity index (χ4n) is 6.01. The second-order valence-corrected chi connectivity index (χ2v) is 10.6. The van der Waals surface area contributed by atoms with Gasteiger partial charge in [-0.05, 0) is 63.1 Å². The first-order valence-electron chi connectivity index (χ1n) is 13.6. The number of amides is 3. The Bertz CT molecular complexity index is 1190. The molecule has 0 atom stereocenters. The molecule has 0 unspecified atom stereocenters. The molecule has 1 aromatic carbocycles. The molecule has 198 valence electrons. The number of carbonyl (C=O) groups is 3. The molecule has 3 aliphatic rings. The number of anilines is 1. The Morgan fingerprint density at radius 3 is 2.41 bits per heavy atom. The van der Waals surface area contributed by atoms with Crippen LogP contribution >= 0.6 is 0 Å². The lowest BCUT2D eigenvalue weighted by Gasteiger charge is -2.37. The largest absolute Gasteiger partial charge is 0.368 e. The number of rotatable bonds is 5. The lowest BCUT2D eigenvalue weighted by atomic mass is 9.95. The Morgan fingerprint density at radius 1 is 0.973 bits per heavy atom. The summed E-state index contributed by atoms with van der Waals surface area (Å²) in [5.74, 6) is 0.000853. The van der Waals surface area contributed by atoms with Crippen LogP contribution in [0.2, 0.25) is 0 Å². The maximum Gasteiger partial charge on any atom is 0.274 e. The van der Waals surface area contributed by atoms with E-state index in [0.29, 0.717) is 44.7 Å². The number of piperazine rings is 1. The van der Waals surface area contributed by atoms with Gasteiger partial charge in [-0.1, -0.05) is 12.1 Å². The van der Waals surface area contributed by atoms with Gasteiger partial charge in [0.1, 0.15) is 6.54 Å². The van der Waals surface area contributed by atoms with Gasteiger partial charge in [0, 0.05) is 69.2 Å². The van der Waals surface area contributed by atoms with E-state index in [4.69, 9.17) is 0 Å². The number of nitrogens with one attached hydrogen (secondary N) is 1. The normalized spacial score (nSPS) is 18.2. The number of likely N-dealkylation sites (tertiary alicyclic amines) is 1. The van der Waals surface area contributed by atoms with Crippen LogP contribution in [0, 0.1) is 19.8 Å². The van der Waals surface area contributed by atoms with Crippen molar-refractivity contribution in [2.24, 2.45) is 5.92 Å². The molecule has 3 heterocycles. The summed E-state index contributed by atoms with van der Waals surface area (Å²) in [5, 5.41) is 7.40. The van der Waals surface area contributed by atoms with E-state index in [2.05, 4.69) is 47.4 Å². The first-order valence-corrected chi connectivity index (χ1v) is 13.6.